The van der Waals surface area contributed by atoms with E-state index in [1.807, 2.05) is 13.8 Å². The zero-order chi connectivity index (χ0) is 20.5. The van der Waals surface area contributed by atoms with Gasteiger partial charge in [-0.05, 0) is 56.3 Å². The van der Waals surface area contributed by atoms with Gasteiger partial charge in [-0.2, -0.15) is 0 Å². The highest BCUT2D eigenvalue weighted by molar-refractivity contribution is 6.05. The van der Waals surface area contributed by atoms with Crippen LogP contribution in [0.5, 0.6) is 11.5 Å². The van der Waals surface area contributed by atoms with Crippen LogP contribution < -0.4 is 20.1 Å². The number of benzene rings is 2. The van der Waals surface area contributed by atoms with E-state index in [4.69, 9.17) is 14.6 Å². The third kappa shape index (κ3) is 5.73. The summed E-state index contributed by atoms with van der Waals surface area (Å²) in [6.45, 7) is 4.17. The predicted octanol–water partition coefficient (Wildman–Crippen LogP) is 2.55. The van der Waals surface area contributed by atoms with Crippen LogP contribution in [0.4, 0.5) is 5.69 Å². The van der Waals surface area contributed by atoms with Gasteiger partial charge >= 0.3 is 5.97 Å². The maximum Gasteiger partial charge on any atom is 0.322 e. The second-order valence-corrected chi connectivity index (χ2v) is 5.64. The molecule has 0 aliphatic rings. The maximum atomic E-state index is 12.5. The molecule has 0 saturated heterocycles. The average molecular weight is 386 g/mol. The lowest BCUT2D eigenvalue weighted by atomic mass is 10.1. The van der Waals surface area contributed by atoms with Gasteiger partial charge in [0.15, 0.2) is 11.5 Å². The van der Waals surface area contributed by atoms with Crippen LogP contribution >= 0.6 is 0 Å². The van der Waals surface area contributed by atoms with Crippen molar-refractivity contribution in [2.75, 3.05) is 25.1 Å². The van der Waals surface area contributed by atoms with Crippen molar-refractivity contribution in [1.82, 2.24) is 5.32 Å². The van der Waals surface area contributed by atoms with Crippen LogP contribution in [0.2, 0.25) is 0 Å². The van der Waals surface area contributed by atoms with Crippen molar-refractivity contribution in [1.29, 1.82) is 0 Å². The summed E-state index contributed by atoms with van der Waals surface area (Å²) in [5.41, 5.74) is 1.18. The maximum absolute atomic E-state index is 12.5. The second kappa shape index (κ2) is 9.96. The van der Waals surface area contributed by atoms with Gasteiger partial charge in [-0.1, -0.05) is 0 Å². The molecule has 0 spiro atoms. The van der Waals surface area contributed by atoms with Gasteiger partial charge in [0.05, 0.1) is 13.2 Å². The molecule has 0 atom stereocenters. The number of carbonyl (C=O) groups excluding carboxylic acids is 2. The van der Waals surface area contributed by atoms with E-state index in [-0.39, 0.29) is 5.91 Å². The van der Waals surface area contributed by atoms with Crippen LogP contribution in [0.1, 0.15) is 34.6 Å². The molecule has 2 aromatic carbocycles. The first-order chi connectivity index (χ1) is 13.4. The Hall–Kier alpha value is -3.55. The first-order valence-corrected chi connectivity index (χ1v) is 8.75. The summed E-state index contributed by atoms with van der Waals surface area (Å²) < 4.78 is 11.0. The highest BCUT2D eigenvalue weighted by atomic mass is 16.5. The van der Waals surface area contributed by atoms with Gasteiger partial charge in [-0.3, -0.25) is 14.4 Å². The second-order valence-electron chi connectivity index (χ2n) is 5.64. The Morgan fingerprint density at radius 3 is 2.07 bits per heavy atom. The van der Waals surface area contributed by atoms with E-state index in [9.17, 15) is 14.4 Å². The van der Waals surface area contributed by atoms with E-state index in [0.29, 0.717) is 41.5 Å². The number of anilines is 1. The summed E-state index contributed by atoms with van der Waals surface area (Å²) >= 11 is 0. The molecule has 0 radical (unpaired) electrons. The molecule has 28 heavy (non-hydrogen) atoms. The van der Waals surface area contributed by atoms with Gasteiger partial charge in [0, 0.05) is 16.8 Å². The molecular weight excluding hydrogens is 364 g/mol. The Kier molecular flexibility index (Phi) is 7.38. The topological polar surface area (TPSA) is 114 Å². The zero-order valence-corrected chi connectivity index (χ0v) is 15.7. The normalized spacial score (nSPS) is 10.1. The molecule has 0 fully saturated rings. The lowest BCUT2D eigenvalue weighted by Gasteiger charge is -2.12. The standard InChI is InChI=1S/C20H22N2O6/c1-3-27-16-10-7-14(11-17(16)28-4-2)20(26)22-15-8-5-13(6-9-15)19(25)21-12-18(23)24/h5-11H,3-4,12H2,1-2H3,(H,21,25)(H,22,26)(H,23,24). The fraction of sp³-hybridized carbons (Fsp3) is 0.250. The molecule has 2 aromatic rings. The van der Waals surface area contributed by atoms with Crippen LogP contribution in [0.25, 0.3) is 0 Å². The van der Waals surface area contributed by atoms with Crippen LogP contribution in [0, 0.1) is 0 Å². The Morgan fingerprint density at radius 1 is 0.857 bits per heavy atom. The van der Waals surface area contributed by atoms with E-state index in [1.54, 1.807) is 30.3 Å². The molecule has 8 nitrogen and oxygen atoms in total. The van der Waals surface area contributed by atoms with Crippen molar-refractivity contribution in [2.24, 2.45) is 0 Å². The summed E-state index contributed by atoms with van der Waals surface area (Å²) in [6, 6.07) is 11.0. The molecule has 8 heteroatoms. The van der Waals surface area contributed by atoms with Gasteiger partial charge in [-0.25, -0.2) is 0 Å². The average Bonchev–Trinajstić information content (AvgIpc) is 2.68. The molecule has 0 bridgehead atoms. The molecule has 3 N–H and O–H groups in total. The minimum absolute atomic E-state index is 0.291. The third-order valence-corrected chi connectivity index (χ3v) is 3.61. The van der Waals surface area contributed by atoms with Crippen molar-refractivity contribution in [3.05, 3.63) is 53.6 Å². The number of carbonyl (C=O) groups is 3. The largest absolute Gasteiger partial charge is 0.490 e. The zero-order valence-electron chi connectivity index (χ0n) is 15.7. The van der Waals surface area contributed by atoms with Gasteiger partial charge in [-0.15, -0.1) is 0 Å². The number of amides is 2. The van der Waals surface area contributed by atoms with Crippen molar-refractivity contribution in [2.45, 2.75) is 13.8 Å². The van der Waals surface area contributed by atoms with Crippen LogP contribution in [-0.4, -0.2) is 42.6 Å². The summed E-state index contributed by atoms with van der Waals surface area (Å²) in [4.78, 5) is 34.8. The molecule has 0 aromatic heterocycles. The van der Waals surface area contributed by atoms with Crippen LogP contribution in [-0.2, 0) is 4.79 Å². The number of aliphatic carboxylic acids is 1. The molecule has 0 aliphatic heterocycles. The first-order valence-electron chi connectivity index (χ1n) is 8.75. The van der Waals surface area contributed by atoms with Crippen molar-refractivity contribution < 1.29 is 29.0 Å². The smallest absolute Gasteiger partial charge is 0.322 e. The highest BCUT2D eigenvalue weighted by Gasteiger charge is 2.13. The van der Waals surface area contributed by atoms with E-state index in [2.05, 4.69) is 10.6 Å². The number of rotatable bonds is 9. The van der Waals surface area contributed by atoms with Crippen LogP contribution in [0.3, 0.4) is 0 Å². The number of carboxylic acid groups (broad SMARTS) is 1. The molecule has 148 valence electrons. The van der Waals surface area contributed by atoms with Crippen molar-refractivity contribution >= 4 is 23.5 Å². The van der Waals surface area contributed by atoms with Gasteiger partial charge < -0.3 is 25.2 Å². The van der Waals surface area contributed by atoms with Crippen molar-refractivity contribution in [3.8, 4) is 11.5 Å². The molecule has 0 saturated carbocycles. The highest BCUT2D eigenvalue weighted by Crippen LogP contribution is 2.28. The summed E-state index contributed by atoms with van der Waals surface area (Å²) in [5, 5.41) is 13.6. The molecule has 0 heterocycles. The van der Waals surface area contributed by atoms with Gasteiger partial charge in [0.2, 0.25) is 0 Å². The van der Waals surface area contributed by atoms with E-state index in [0.717, 1.165) is 0 Å². The molecule has 2 rings (SSSR count). The van der Waals surface area contributed by atoms with Crippen molar-refractivity contribution in [3.63, 3.8) is 0 Å². The summed E-state index contributed by atoms with van der Waals surface area (Å²) in [7, 11) is 0. The SMILES string of the molecule is CCOc1ccc(C(=O)Nc2ccc(C(=O)NCC(=O)O)cc2)cc1OCC. The molecule has 0 aliphatic carbocycles. The minimum Gasteiger partial charge on any atom is -0.490 e. The Bertz CT molecular complexity index is 848. The van der Waals surface area contributed by atoms with E-state index < -0.39 is 18.4 Å². The lowest BCUT2D eigenvalue weighted by molar-refractivity contribution is -0.135. The molecular formula is C20H22N2O6. The number of nitrogens with one attached hydrogen (secondary N) is 2. The quantitative estimate of drug-likeness (QED) is 0.610. The van der Waals surface area contributed by atoms with E-state index in [1.165, 1.54) is 12.1 Å². The summed E-state index contributed by atoms with van der Waals surface area (Å²) in [6.07, 6.45) is 0. The Labute approximate surface area is 162 Å². The number of hydrogen-bond donors (Lipinski definition) is 3. The fourth-order valence-corrected chi connectivity index (χ4v) is 2.36. The van der Waals surface area contributed by atoms with Gasteiger partial charge in [0.1, 0.15) is 6.54 Å². The number of hydrogen-bond acceptors (Lipinski definition) is 5. The monoisotopic (exact) mass is 386 g/mol. The van der Waals surface area contributed by atoms with E-state index >= 15 is 0 Å². The molecule has 2 amide bonds. The summed E-state index contributed by atoms with van der Waals surface area (Å²) in [5.74, 6) is -0.917. The minimum atomic E-state index is -1.13. The van der Waals surface area contributed by atoms with Crippen LogP contribution in [0.15, 0.2) is 42.5 Å². The first kappa shape index (κ1) is 20.8. The lowest BCUT2D eigenvalue weighted by Crippen LogP contribution is -2.29. The Morgan fingerprint density at radius 2 is 1.46 bits per heavy atom. The Balaban J connectivity index is 2.07. The van der Waals surface area contributed by atoms with Gasteiger partial charge in [0.25, 0.3) is 11.8 Å². The molecule has 0 unspecified atom stereocenters. The number of carboxylic acids is 1. The number of ether oxygens (including phenoxy) is 2. The fourth-order valence-electron chi connectivity index (χ4n) is 2.36. The predicted molar refractivity (Wildman–Crippen MR) is 103 cm³/mol. The third-order valence-electron chi connectivity index (χ3n) is 3.61.